The second kappa shape index (κ2) is 3.57. The first kappa shape index (κ1) is 9.05. The lowest BCUT2D eigenvalue weighted by atomic mass is 10.2. The van der Waals surface area contributed by atoms with E-state index in [9.17, 15) is 9.59 Å². The van der Waals surface area contributed by atoms with Gasteiger partial charge in [-0.2, -0.15) is 0 Å². The Hall–Kier alpha value is -2.04. The third-order valence-corrected chi connectivity index (χ3v) is 1.32. The van der Waals surface area contributed by atoms with Crippen molar-refractivity contribution in [2.75, 3.05) is 0 Å². The average Bonchev–Trinajstić information content (AvgIpc) is 2.03. The molecule has 0 aliphatic rings. The van der Waals surface area contributed by atoms with Gasteiger partial charge in [0.2, 0.25) is 0 Å². The van der Waals surface area contributed by atoms with Crippen LogP contribution < -0.4 is 5.73 Å². The molecule has 1 aromatic carbocycles. The van der Waals surface area contributed by atoms with Gasteiger partial charge in [0, 0.05) is 0 Å². The number of phenolic OH excluding ortho intramolecular Hbond substituents is 1. The molecule has 0 aliphatic heterocycles. The Kier molecular flexibility index (Phi) is 2.49. The monoisotopic (exact) mass is 181 g/mol. The van der Waals surface area contributed by atoms with Crippen LogP contribution in [0.3, 0.4) is 0 Å². The highest BCUT2D eigenvalue weighted by Crippen LogP contribution is 2.16. The summed E-state index contributed by atoms with van der Waals surface area (Å²) < 4.78 is 4.06. The van der Waals surface area contributed by atoms with Crippen LogP contribution in [0.2, 0.25) is 0 Å². The van der Waals surface area contributed by atoms with E-state index in [4.69, 9.17) is 5.11 Å². The second-order valence-corrected chi connectivity index (χ2v) is 2.23. The lowest BCUT2D eigenvalue weighted by molar-refractivity contribution is 0.0635. The molecule has 0 aromatic heterocycles. The molecular formula is C8H7NO4. The van der Waals surface area contributed by atoms with Crippen LogP contribution in [0.25, 0.3) is 0 Å². The summed E-state index contributed by atoms with van der Waals surface area (Å²) in [4.78, 5) is 21.2. The van der Waals surface area contributed by atoms with Gasteiger partial charge in [-0.3, -0.25) is 0 Å². The van der Waals surface area contributed by atoms with Crippen molar-refractivity contribution in [3.8, 4) is 5.75 Å². The van der Waals surface area contributed by atoms with Crippen LogP contribution in [0.5, 0.6) is 5.75 Å². The number of carbonyl (C=O) groups is 2. The minimum absolute atomic E-state index is 0.0960. The lowest BCUT2D eigenvalue weighted by Crippen LogP contribution is -2.18. The first-order valence-electron chi connectivity index (χ1n) is 3.41. The number of para-hydroxylation sites is 1. The zero-order chi connectivity index (χ0) is 9.84. The smallest absolute Gasteiger partial charge is 0.412 e. The van der Waals surface area contributed by atoms with Crippen molar-refractivity contribution in [3.63, 3.8) is 0 Å². The maximum Gasteiger partial charge on any atom is 0.412 e. The largest absolute Gasteiger partial charge is 0.507 e. The van der Waals surface area contributed by atoms with Gasteiger partial charge in [0.15, 0.2) is 0 Å². The van der Waals surface area contributed by atoms with Crippen molar-refractivity contribution in [1.82, 2.24) is 0 Å². The van der Waals surface area contributed by atoms with Gasteiger partial charge in [0.05, 0.1) is 0 Å². The summed E-state index contributed by atoms with van der Waals surface area (Å²) in [7, 11) is 0. The van der Waals surface area contributed by atoms with Crippen molar-refractivity contribution in [2.45, 2.75) is 0 Å². The van der Waals surface area contributed by atoms with E-state index in [1.165, 1.54) is 24.3 Å². The number of carbonyl (C=O) groups excluding carboxylic acids is 2. The standard InChI is InChI=1S/C8H7NO4/c9-8(12)13-7(11)5-3-1-2-4-6(5)10/h1-4,10H,(H2,9,12). The number of aromatic hydroxyl groups is 1. The predicted octanol–water partition coefficient (Wildman–Crippen LogP) is 0.628. The molecule has 1 rings (SSSR count). The fourth-order valence-corrected chi connectivity index (χ4v) is 0.793. The van der Waals surface area contributed by atoms with Crippen LogP contribution in [-0.2, 0) is 4.74 Å². The quantitative estimate of drug-likeness (QED) is 0.491. The lowest BCUT2D eigenvalue weighted by Gasteiger charge is -2.00. The van der Waals surface area contributed by atoms with Crippen molar-refractivity contribution in [2.24, 2.45) is 5.73 Å². The Bertz CT molecular complexity index is 348. The first-order valence-corrected chi connectivity index (χ1v) is 3.41. The van der Waals surface area contributed by atoms with E-state index in [1.807, 2.05) is 0 Å². The van der Waals surface area contributed by atoms with Gasteiger partial charge < -0.3 is 15.6 Å². The number of hydrogen-bond acceptors (Lipinski definition) is 4. The molecule has 1 aromatic rings. The van der Waals surface area contributed by atoms with E-state index in [2.05, 4.69) is 10.5 Å². The number of amides is 1. The fourth-order valence-electron chi connectivity index (χ4n) is 0.793. The number of ether oxygens (including phenoxy) is 1. The number of benzene rings is 1. The maximum absolute atomic E-state index is 11.0. The summed E-state index contributed by atoms with van der Waals surface area (Å²) in [5, 5.41) is 9.14. The number of nitrogens with two attached hydrogens (primary N) is 1. The number of phenols is 1. The zero-order valence-electron chi connectivity index (χ0n) is 6.56. The van der Waals surface area contributed by atoms with Crippen LogP contribution in [-0.4, -0.2) is 17.2 Å². The van der Waals surface area contributed by atoms with Gasteiger partial charge in [0.25, 0.3) is 0 Å². The molecule has 0 unspecified atom stereocenters. The normalized spacial score (nSPS) is 9.23. The highest BCUT2D eigenvalue weighted by atomic mass is 16.6. The molecule has 5 heteroatoms. The molecule has 1 amide bonds. The molecule has 0 aliphatic carbocycles. The van der Waals surface area contributed by atoms with Crippen molar-refractivity contribution < 1.29 is 19.4 Å². The van der Waals surface area contributed by atoms with Crippen molar-refractivity contribution in [3.05, 3.63) is 29.8 Å². The van der Waals surface area contributed by atoms with E-state index in [0.29, 0.717) is 0 Å². The molecule has 13 heavy (non-hydrogen) atoms. The summed E-state index contributed by atoms with van der Waals surface area (Å²) >= 11 is 0. The zero-order valence-corrected chi connectivity index (χ0v) is 6.56. The van der Waals surface area contributed by atoms with Gasteiger partial charge in [-0.05, 0) is 12.1 Å². The van der Waals surface area contributed by atoms with Gasteiger partial charge in [-0.25, -0.2) is 9.59 Å². The molecule has 0 spiro atoms. The average molecular weight is 181 g/mol. The summed E-state index contributed by atoms with van der Waals surface area (Å²) in [5.41, 5.74) is 4.52. The van der Waals surface area contributed by atoms with E-state index < -0.39 is 12.1 Å². The summed E-state index contributed by atoms with van der Waals surface area (Å²) in [6.45, 7) is 0. The van der Waals surface area contributed by atoms with Gasteiger partial charge >= 0.3 is 12.1 Å². The molecule has 3 N–H and O–H groups in total. The molecule has 0 saturated heterocycles. The molecule has 0 atom stereocenters. The highest BCUT2D eigenvalue weighted by molar-refractivity contribution is 5.98. The third-order valence-electron chi connectivity index (χ3n) is 1.32. The summed E-state index contributed by atoms with van der Waals surface area (Å²) in [5.74, 6) is -1.22. The summed E-state index contributed by atoms with van der Waals surface area (Å²) in [6.07, 6.45) is -1.20. The Morgan fingerprint density at radius 1 is 1.31 bits per heavy atom. The minimum Gasteiger partial charge on any atom is -0.507 e. The molecular weight excluding hydrogens is 174 g/mol. The number of primary amides is 1. The minimum atomic E-state index is -1.20. The fraction of sp³-hybridized carbons (Fsp3) is 0. The highest BCUT2D eigenvalue weighted by Gasteiger charge is 2.13. The molecule has 0 saturated carbocycles. The molecule has 68 valence electrons. The Labute approximate surface area is 73.7 Å². The first-order chi connectivity index (χ1) is 6.11. The van der Waals surface area contributed by atoms with Gasteiger partial charge in [-0.1, -0.05) is 12.1 Å². The maximum atomic E-state index is 11.0. The van der Waals surface area contributed by atoms with Gasteiger partial charge in [-0.15, -0.1) is 0 Å². The summed E-state index contributed by atoms with van der Waals surface area (Å²) in [6, 6.07) is 5.69. The van der Waals surface area contributed by atoms with Crippen LogP contribution in [0.1, 0.15) is 10.4 Å². The second-order valence-electron chi connectivity index (χ2n) is 2.23. The van der Waals surface area contributed by atoms with Crippen LogP contribution >= 0.6 is 0 Å². The topological polar surface area (TPSA) is 89.6 Å². The Morgan fingerprint density at radius 2 is 1.92 bits per heavy atom. The third kappa shape index (κ3) is 2.19. The van der Waals surface area contributed by atoms with E-state index in [0.717, 1.165) is 0 Å². The molecule has 0 radical (unpaired) electrons. The number of esters is 1. The Balaban J connectivity index is 2.89. The predicted molar refractivity (Wildman–Crippen MR) is 43.1 cm³/mol. The molecule has 5 nitrogen and oxygen atoms in total. The number of rotatable bonds is 1. The van der Waals surface area contributed by atoms with E-state index in [1.54, 1.807) is 0 Å². The van der Waals surface area contributed by atoms with Gasteiger partial charge in [0.1, 0.15) is 11.3 Å². The SMILES string of the molecule is NC(=O)OC(=O)c1ccccc1O. The van der Waals surface area contributed by atoms with Crippen molar-refractivity contribution in [1.29, 1.82) is 0 Å². The van der Waals surface area contributed by atoms with Crippen LogP contribution in [0.4, 0.5) is 4.79 Å². The molecule has 0 bridgehead atoms. The van der Waals surface area contributed by atoms with Crippen LogP contribution in [0.15, 0.2) is 24.3 Å². The molecule has 0 fully saturated rings. The van der Waals surface area contributed by atoms with E-state index in [-0.39, 0.29) is 11.3 Å². The molecule has 0 heterocycles. The van der Waals surface area contributed by atoms with E-state index >= 15 is 0 Å². The van der Waals surface area contributed by atoms with Crippen LogP contribution in [0, 0.1) is 0 Å². The Morgan fingerprint density at radius 3 is 2.46 bits per heavy atom. The number of hydrogen-bond donors (Lipinski definition) is 2. The van der Waals surface area contributed by atoms with Crippen molar-refractivity contribution >= 4 is 12.1 Å².